The molecule has 0 aliphatic rings. The summed E-state index contributed by atoms with van der Waals surface area (Å²) in [6.07, 6.45) is 2.53. The summed E-state index contributed by atoms with van der Waals surface area (Å²) in [4.78, 5) is 12.2. The van der Waals surface area contributed by atoms with Crippen molar-refractivity contribution >= 4 is 11.7 Å². The molecule has 54 heavy (non-hydrogen) atoms. The van der Waals surface area contributed by atoms with Gasteiger partial charge in [-0.15, -0.1) is 0 Å². The second-order valence-electron chi connectivity index (χ2n) is 12.9. The van der Waals surface area contributed by atoms with Crippen molar-refractivity contribution in [3.63, 3.8) is 0 Å². The highest BCUT2D eigenvalue weighted by Gasteiger charge is 2.25. The minimum Gasteiger partial charge on any atom is -0.508 e. The number of aryl methyl sites for hydroxylation is 3. The number of rotatable bonds is 10. The van der Waals surface area contributed by atoms with E-state index in [4.69, 9.17) is 11.5 Å². The number of carbonyl (C=O) groups excluding carboxylic acids is 1. The van der Waals surface area contributed by atoms with Crippen LogP contribution in [0.1, 0.15) is 59.3 Å². The van der Waals surface area contributed by atoms with Crippen LogP contribution in [0.5, 0.6) is 11.5 Å². The van der Waals surface area contributed by atoms with E-state index < -0.39 is 5.91 Å². The van der Waals surface area contributed by atoms with E-state index in [0.717, 1.165) is 24.0 Å². The van der Waals surface area contributed by atoms with Crippen LogP contribution in [0.25, 0.3) is 44.5 Å². The molecule has 0 heterocycles. The molecule has 0 unspecified atom stereocenters. The Kier molecular flexibility index (Phi) is 12.5. The summed E-state index contributed by atoms with van der Waals surface area (Å²) in [6, 6.07) is 32.7. The number of hydrogen-bond acceptors (Lipinski definition) is 5. The van der Waals surface area contributed by atoms with Gasteiger partial charge in [0.25, 0.3) is 0 Å². The third-order valence-corrected chi connectivity index (χ3v) is 9.16. The average Bonchev–Trinajstić information content (AvgIpc) is 3.17. The van der Waals surface area contributed by atoms with Crippen LogP contribution in [0.2, 0.25) is 0 Å². The summed E-state index contributed by atoms with van der Waals surface area (Å²) >= 11 is 0. The van der Waals surface area contributed by atoms with Gasteiger partial charge in [-0.2, -0.15) is 0 Å². The number of halogens is 2. The number of benzene rings is 6. The number of amidine groups is 1. The first-order valence-electron chi connectivity index (χ1n) is 17.7. The van der Waals surface area contributed by atoms with Crippen molar-refractivity contribution in [3.8, 4) is 56.0 Å². The van der Waals surface area contributed by atoms with Crippen molar-refractivity contribution in [2.24, 2.45) is 16.6 Å². The van der Waals surface area contributed by atoms with Crippen molar-refractivity contribution in [2.45, 2.75) is 46.5 Å². The molecule has 9 heteroatoms. The quantitative estimate of drug-likeness (QED) is 0.0413. The largest absolute Gasteiger partial charge is 0.508 e. The summed E-state index contributed by atoms with van der Waals surface area (Å²) in [6.45, 7) is 5.86. The molecule has 0 fully saturated rings. The lowest BCUT2D eigenvalue weighted by Crippen LogP contribution is -2.17. The van der Waals surface area contributed by atoms with Gasteiger partial charge in [-0.25, -0.2) is 8.78 Å². The first-order chi connectivity index (χ1) is 26.0. The number of carbonyl (C=O) groups is 1. The van der Waals surface area contributed by atoms with E-state index in [1.54, 1.807) is 36.4 Å². The zero-order valence-corrected chi connectivity index (χ0v) is 30.4. The summed E-state index contributed by atoms with van der Waals surface area (Å²) in [5.41, 5.74) is 18.8. The topological polar surface area (TPSA) is 142 Å². The fourth-order valence-electron chi connectivity index (χ4n) is 6.62. The molecular weight excluding hydrogens is 685 g/mol. The number of primary amides is 1. The summed E-state index contributed by atoms with van der Waals surface area (Å²) in [5, 5.41) is 31.8. The van der Waals surface area contributed by atoms with Crippen LogP contribution in [-0.2, 0) is 12.8 Å². The van der Waals surface area contributed by atoms with Gasteiger partial charge in [-0.05, 0) is 95.1 Å². The maximum Gasteiger partial charge on any atom is 0.249 e. The van der Waals surface area contributed by atoms with Gasteiger partial charge in [-0.3, -0.25) is 4.79 Å². The number of amides is 1. The number of aromatic hydroxyl groups is 2. The van der Waals surface area contributed by atoms with Crippen LogP contribution >= 0.6 is 0 Å². The normalized spacial score (nSPS) is 11.2. The zero-order chi connectivity index (χ0) is 38.9. The third kappa shape index (κ3) is 8.26. The Morgan fingerprint density at radius 2 is 1.06 bits per heavy atom. The number of nitrogens with two attached hydrogens (primary N) is 2. The molecule has 7 nitrogen and oxygen atoms in total. The zero-order valence-electron chi connectivity index (χ0n) is 30.4. The van der Waals surface area contributed by atoms with E-state index in [9.17, 15) is 20.2 Å². The van der Waals surface area contributed by atoms with Crippen molar-refractivity contribution in [1.82, 2.24) is 0 Å². The molecule has 1 amide bonds. The fraction of sp³-hybridized carbons (Fsp3) is 0.156. The number of nitrogens with zero attached hydrogens (tertiary/aromatic N) is 1. The van der Waals surface area contributed by atoms with Crippen LogP contribution in [-0.4, -0.2) is 27.2 Å². The van der Waals surface area contributed by atoms with Gasteiger partial charge in [0.1, 0.15) is 23.1 Å². The average molecular weight is 728 g/mol. The second kappa shape index (κ2) is 17.4. The molecule has 0 saturated carbocycles. The second-order valence-corrected chi connectivity index (χ2v) is 12.9. The number of phenolic OH excluding ortho intramolecular Hbond substituents is 2. The lowest BCUT2D eigenvalue weighted by molar-refractivity contribution is 0.100. The van der Waals surface area contributed by atoms with Crippen LogP contribution in [0.15, 0.2) is 120 Å². The maximum atomic E-state index is 15.7. The van der Waals surface area contributed by atoms with Gasteiger partial charge in [0.15, 0.2) is 5.84 Å². The van der Waals surface area contributed by atoms with Crippen LogP contribution in [0, 0.1) is 18.6 Å². The highest BCUT2D eigenvalue weighted by atomic mass is 19.1. The van der Waals surface area contributed by atoms with E-state index in [1.807, 2.05) is 75.4 Å². The standard InChI is InChI=1S/C23H23FN2O2.C22H20FNO2/c1-3-6-16-13-19(23(25)26-28)21(18-8-5-4-7-14(18)2)20(22(16)24)15-9-11-17(27)12-10-15;1-2-6-16-13-18(22(24)26)19(14-7-4-3-5-8-14)20(21(16)23)15-9-11-17(25)12-10-15/h4-5,7-13,27-28H,3,6H2,1-2H3,(H2,25,26);3-5,7-13,25H,2,6H2,1H3,(H2,24,26). The monoisotopic (exact) mass is 727 g/mol. The molecule has 6 aromatic carbocycles. The Morgan fingerprint density at radius 1 is 0.611 bits per heavy atom. The minimum absolute atomic E-state index is 0.0735. The lowest BCUT2D eigenvalue weighted by atomic mass is 9.85. The minimum atomic E-state index is -0.596. The Bertz CT molecular complexity index is 2290. The molecule has 0 aromatic heterocycles. The van der Waals surface area contributed by atoms with Crippen molar-refractivity contribution in [1.29, 1.82) is 0 Å². The van der Waals surface area contributed by atoms with E-state index in [0.29, 0.717) is 74.0 Å². The molecule has 0 aliphatic carbocycles. The van der Waals surface area contributed by atoms with Gasteiger partial charge >= 0.3 is 0 Å². The van der Waals surface area contributed by atoms with E-state index in [-0.39, 0.29) is 29.0 Å². The summed E-state index contributed by atoms with van der Waals surface area (Å²) in [5.74, 6) is -1.17. The Hall–Kier alpha value is -6.48. The molecule has 6 aromatic rings. The first-order valence-corrected chi connectivity index (χ1v) is 17.7. The van der Waals surface area contributed by atoms with Gasteiger partial charge in [0, 0.05) is 33.4 Å². The number of oxime groups is 1. The molecular formula is C45H43F2N3O4. The van der Waals surface area contributed by atoms with E-state index >= 15 is 8.78 Å². The summed E-state index contributed by atoms with van der Waals surface area (Å²) in [7, 11) is 0. The van der Waals surface area contributed by atoms with Crippen molar-refractivity contribution in [3.05, 3.63) is 155 Å². The van der Waals surface area contributed by atoms with Crippen molar-refractivity contribution in [2.75, 3.05) is 0 Å². The van der Waals surface area contributed by atoms with Crippen molar-refractivity contribution < 1.29 is 29.0 Å². The molecule has 0 saturated heterocycles. The third-order valence-electron chi connectivity index (χ3n) is 9.16. The van der Waals surface area contributed by atoms with Crippen LogP contribution in [0.3, 0.4) is 0 Å². The molecule has 0 atom stereocenters. The Balaban J connectivity index is 0.000000208. The first kappa shape index (κ1) is 38.7. The van der Waals surface area contributed by atoms with Crippen LogP contribution < -0.4 is 11.5 Å². The Morgan fingerprint density at radius 3 is 1.52 bits per heavy atom. The van der Waals surface area contributed by atoms with Crippen LogP contribution in [0.4, 0.5) is 8.78 Å². The van der Waals surface area contributed by atoms with Gasteiger partial charge < -0.3 is 26.9 Å². The summed E-state index contributed by atoms with van der Waals surface area (Å²) < 4.78 is 31.1. The molecule has 0 bridgehead atoms. The van der Waals surface area contributed by atoms with Gasteiger partial charge in [0.05, 0.1) is 0 Å². The molecule has 276 valence electrons. The van der Waals surface area contributed by atoms with E-state index in [2.05, 4.69) is 5.16 Å². The highest BCUT2D eigenvalue weighted by Crippen LogP contribution is 2.42. The number of hydrogen-bond donors (Lipinski definition) is 5. The molecule has 0 spiro atoms. The molecule has 7 N–H and O–H groups in total. The smallest absolute Gasteiger partial charge is 0.249 e. The molecule has 6 rings (SSSR count). The van der Waals surface area contributed by atoms with Gasteiger partial charge in [-0.1, -0.05) is 111 Å². The predicted molar refractivity (Wildman–Crippen MR) is 212 cm³/mol. The molecule has 0 aliphatic heterocycles. The SMILES string of the molecule is CCCc1cc(C(N)=NO)c(-c2ccccc2C)c(-c2ccc(O)cc2)c1F.CCCc1cc(C(N)=O)c(-c2ccccc2)c(-c2ccc(O)cc2)c1F. The Labute approximate surface area is 313 Å². The number of phenols is 2. The lowest BCUT2D eigenvalue weighted by Gasteiger charge is -2.20. The highest BCUT2D eigenvalue weighted by molar-refractivity contribution is 6.07. The predicted octanol–water partition coefficient (Wildman–Crippen LogP) is 10.1. The molecule has 0 radical (unpaired) electrons. The van der Waals surface area contributed by atoms with E-state index in [1.165, 1.54) is 24.3 Å². The fourth-order valence-corrected chi connectivity index (χ4v) is 6.62. The maximum absolute atomic E-state index is 15.7. The van der Waals surface area contributed by atoms with Gasteiger partial charge in [0.2, 0.25) is 5.91 Å².